The third-order valence-corrected chi connectivity index (χ3v) is 7.13. The van der Waals surface area contributed by atoms with Gasteiger partial charge in [-0.25, -0.2) is 14.4 Å². The van der Waals surface area contributed by atoms with E-state index in [1.54, 1.807) is 23.1 Å². The van der Waals surface area contributed by atoms with Gasteiger partial charge in [0.15, 0.2) is 0 Å². The second kappa shape index (κ2) is 8.61. The zero-order chi connectivity index (χ0) is 23.9. The van der Waals surface area contributed by atoms with Crippen LogP contribution in [0, 0.1) is 5.82 Å². The highest BCUT2D eigenvalue weighted by Gasteiger charge is 2.29. The maximum atomic E-state index is 14.1. The molecule has 1 fully saturated rings. The SMILES string of the molecule is O=C(c1cc(N2CCC(c3cc4ccccc4[nH]c3=O)CC2)ncn1)N1CCc2c(F)cccc21. The Bertz CT molecular complexity index is 1490. The largest absolute Gasteiger partial charge is 0.356 e. The van der Waals surface area contributed by atoms with E-state index in [-0.39, 0.29) is 23.2 Å². The van der Waals surface area contributed by atoms with Crippen molar-refractivity contribution in [3.8, 4) is 0 Å². The van der Waals surface area contributed by atoms with Crippen LogP contribution in [-0.4, -0.2) is 40.5 Å². The molecule has 1 N–H and O–H groups in total. The quantitative estimate of drug-likeness (QED) is 0.490. The van der Waals surface area contributed by atoms with Crippen molar-refractivity contribution in [2.45, 2.75) is 25.2 Å². The molecular weight excluding hydrogens is 445 g/mol. The number of hydrogen-bond acceptors (Lipinski definition) is 5. The van der Waals surface area contributed by atoms with Gasteiger partial charge >= 0.3 is 0 Å². The number of para-hydroxylation sites is 1. The number of pyridine rings is 1. The number of aromatic amines is 1. The van der Waals surface area contributed by atoms with Crippen LogP contribution < -0.4 is 15.4 Å². The Hall–Kier alpha value is -4.07. The normalized spacial score (nSPS) is 16.0. The van der Waals surface area contributed by atoms with Crippen LogP contribution in [0.25, 0.3) is 10.9 Å². The molecule has 2 aliphatic heterocycles. The molecule has 8 heteroatoms. The lowest BCUT2D eigenvalue weighted by Crippen LogP contribution is -2.35. The summed E-state index contributed by atoms with van der Waals surface area (Å²) in [7, 11) is 0. The third kappa shape index (κ3) is 3.84. The van der Waals surface area contributed by atoms with Gasteiger partial charge in [-0.2, -0.15) is 0 Å². The molecule has 0 spiro atoms. The van der Waals surface area contributed by atoms with Crippen LogP contribution >= 0.6 is 0 Å². The van der Waals surface area contributed by atoms with Crippen molar-refractivity contribution in [3.63, 3.8) is 0 Å². The Morgan fingerprint density at radius 3 is 2.69 bits per heavy atom. The average molecular weight is 470 g/mol. The van der Waals surface area contributed by atoms with E-state index in [0.29, 0.717) is 35.7 Å². The molecule has 0 saturated carbocycles. The van der Waals surface area contributed by atoms with Crippen molar-refractivity contribution in [1.29, 1.82) is 0 Å². The number of hydrogen-bond donors (Lipinski definition) is 1. The lowest BCUT2D eigenvalue weighted by molar-refractivity contribution is 0.0984. The minimum atomic E-state index is -0.283. The van der Waals surface area contributed by atoms with Crippen molar-refractivity contribution in [2.75, 3.05) is 29.4 Å². The zero-order valence-electron chi connectivity index (χ0n) is 19.1. The van der Waals surface area contributed by atoms with E-state index < -0.39 is 0 Å². The van der Waals surface area contributed by atoms with Crippen molar-refractivity contribution in [1.82, 2.24) is 15.0 Å². The number of halogens is 1. The highest BCUT2D eigenvalue weighted by Crippen LogP contribution is 2.32. The summed E-state index contributed by atoms with van der Waals surface area (Å²) in [5.74, 6) is 0.316. The molecule has 1 amide bonds. The number of anilines is 2. The van der Waals surface area contributed by atoms with Gasteiger partial charge in [-0.15, -0.1) is 0 Å². The second-order valence-corrected chi connectivity index (χ2v) is 9.11. The topological polar surface area (TPSA) is 82.2 Å². The van der Waals surface area contributed by atoms with E-state index in [1.807, 2.05) is 30.3 Å². The highest BCUT2D eigenvalue weighted by atomic mass is 19.1. The number of aromatic nitrogens is 3. The summed E-state index contributed by atoms with van der Waals surface area (Å²) in [6.07, 6.45) is 3.53. The molecule has 4 heterocycles. The Labute approximate surface area is 201 Å². The van der Waals surface area contributed by atoms with Crippen LogP contribution in [0.15, 0.2) is 65.7 Å². The van der Waals surface area contributed by atoms with Crippen molar-refractivity contribution >= 4 is 28.3 Å². The predicted octanol–water partition coefficient (Wildman–Crippen LogP) is 4.04. The Kier molecular flexibility index (Phi) is 5.28. The Morgan fingerprint density at radius 1 is 1.00 bits per heavy atom. The van der Waals surface area contributed by atoms with Gasteiger partial charge in [0.05, 0.1) is 5.69 Å². The number of piperidine rings is 1. The molecule has 7 nitrogen and oxygen atoms in total. The van der Waals surface area contributed by atoms with E-state index in [0.717, 1.165) is 42.4 Å². The smallest absolute Gasteiger partial charge is 0.277 e. The van der Waals surface area contributed by atoms with Gasteiger partial charge in [-0.1, -0.05) is 24.3 Å². The summed E-state index contributed by atoms with van der Waals surface area (Å²) < 4.78 is 14.1. The van der Waals surface area contributed by atoms with E-state index >= 15 is 0 Å². The number of carbonyl (C=O) groups is 1. The van der Waals surface area contributed by atoms with E-state index in [2.05, 4.69) is 19.9 Å². The molecular formula is C27H24FN5O2. The fourth-order valence-corrected chi connectivity index (χ4v) is 5.26. The molecule has 0 aliphatic carbocycles. The summed E-state index contributed by atoms with van der Waals surface area (Å²) in [6, 6.07) is 16.3. The van der Waals surface area contributed by atoms with Crippen LogP contribution in [0.4, 0.5) is 15.9 Å². The van der Waals surface area contributed by atoms with Crippen LogP contribution in [0.3, 0.4) is 0 Å². The van der Waals surface area contributed by atoms with Crippen molar-refractivity contribution < 1.29 is 9.18 Å². The van der Waals surface area contributed by atoms with Crippen molar-refractivity contribution in [3.05, 3.63) is 93.9 Å². The maximum absolute atomic E-state index is 14.1. The summed E-state index contributed by atoms with van der Waals surface area (Å²) in [5, 5.41) is 1.03. The summed E-state index contributed by atoms with van der Waals surface area (Å²) in [6.45, 7) is 1.87. The van der Waals surface area contributed by atoms with Crippen LogP contribution in [0.2, 0.25) is 0 Å². The monoisotopic (exact) mass is 469 g/mol. The fraction of sp³-hybridized carbons (Fsp3) is 0.259. The van der Waals surface area contributed by atoms with Gasteiger partial charge in [0.2, 0.25) is 0 Å². The molecule has 0 unspecified atom stereocenters. The van der Waals surface area contributed by atoms with E-state index in [4.69, 9.17) is 0 Å². The van der Waals surface area contributed by atoms with Gasteiger partial charge in [0, 0.05) is 42.3 Å². The molecule has 2 aromatic carbocycles. The third-order valence-electron chi connectivity index (χ3n) is 7.13. The molecule has 2 aromatic heterocycles. The Balaban J connectivity index is 1.18. The molecule has 35 heavy (non-hydrogen) atoms. The van der Waals surface area contributed by atoms with E-state index in [1.165, 1.54) is 12.4 Å². The minimum absolute atomic E-state index is 0.0283. The maximum Gasteiger partial charge on any atom is 0.277 e. The highest BCUT2D eigenvalue weighted by molar-refractivity contribution is 6.06. The number of H-pyrrole nitrogens is 1. The summed E-state index contributed by atoms with van der Waals surface area (Å²) >= 11 is 0. The second-order valence-electron chi connectivity index (χ2n) is 9.11. The number of rotatable bonds is 3. The zero-order valence-corrected chi connectivity index (χ0v) is 19.1. The molecule has 0 atom stereocenters. The van der Waals surface area contributed by atoms with Gasteiger partial charge in [0.1, 0.15) is 23.7 Å². The molecule has 0 radical (unpaired) electrons. The molecule has 2 aliphatic rings. The number of nitrogens with one attached hydrogen (secondary N) is 1. The molecule has 4 aromatic rings. The molecule has 1 saturated heterocycles. The van der Waals surface area contributed by atoms with E-state index in [9.17, 15) is 14.0 Å². The number of benzene rings is 2. The first-order valence-electron chi connectivity index (χ1n) is 11.9. The van der Waals surface area contributed by atoms with Crippen LogP contribution in [-0.2, 0) is 6.42 Å². The van der Waals surface area contributed by atoms with Gasteiger partial charge in [-0.05, 0) is 54.8 Å². The average Bonchev–Trinajstić information content (AvgIpc) is 3.34. The minimum Gasteiger partial charge on any atom is -0.356 e. The van der Waals surface area contributed by atoms with Gasteiger partial charge in [-0.3, -0.25) is 9.59 Å². The number of nitrogens with zero attached hydrogens (tertiary/aromatic N) is 4. The predicted molar refractivity (Wildman–Crippen MR) is 133 cm³/mol. The number of carbonyl (C=O) groups excluding carboxylic acids is 1. The Morgan fingerprint density at radius 2 is 1.83 bits per heavy atom. The summed E-state index contributed by atoms with van der Waals surface area (Å²) in [4.78, 5) is 41.2. The van der Waals surface area contributed by atoms with Crippen LogP contribution in [0.5, 0.6) is 0 Å². The lowest BCUT2D eigenvalue weighted by atomic mass is 9.89. The van der Waals surface area contributed by atoms with Gasteiger partial charge < -0.3 is 14.8 Å². The fourth-order valence-electron chi connectivity index (χ4n) is 5.26. The van der Waals surface area contributed by atoms with Crippen molar-refractivity contribution in [2.24, 2.45) is 0 Å². The standard InChI is InChI=1S/C27H24FN5O2/c28-21-5-3-7-24-19(21)10-13-33(24)27(35)23-15-25(30-16-29-23)32-11-8-17(9-12-32)20-14-18-4-1-2-6-22(18)31-26(20)34/h1-7,14-17H,8-13H2,(H,31,34). The summed E-state index contributed by atoms with van der Waals surface area (Å²) in [5.41, 5.74) is 3.11. The molecule has 176 valence electrons. The molecule has 0 bridgehead atoms. The first-order chi connectivity index (χ1) is 17.1. The van der Waals surface area contributed by atoms with Gasteiger partial charge in [0.25, 0.3) is 11.5 Å². The molecule has 6 rings (SSSR count). The first kappa shape index (κ1) is 21.5. The number of amides is 1. The lowest BCUT2D eigenvalue weighted by Gasteiger charge is -2.32. The van der Waals surface area contributed by atoms with Crippen LogP contribution in [0.1, 0.15) is 40.4 Å². The number of fused-ring (bicyclic) bond motifs is 2. The first-order valence-corrected chi connectivity index (χ1v) is 11.9.